The number of methoxy groups -OCH3 is 1. The van der Waals surface area contributed by atoms with Crippen LogP contribution in [-0.2, 0) is 16.1 Å². The molecule has 4 rings (SSSR count). The van der Waals surface area contributed by atoms with Gasteiger partial charge >= 0.3 is 5.97 Å². The van der Waals surface area contributed by atoms with E-state index < -0.39 is 0 Å². The van der Waals surface area contributed by atoms with Crippen LogP contribution in [0.3, 0.4) is 0 Å². The predicted octanol–water partition coefficient (Wildman–Crippen LogP) is 5.83. The summed E-state index contributed by atoms with van der Waals surface area (Å²) in [5, 5.41) is 1.01. The van der Waals surface area contributed by atoms with Crippen molar-refractivity contribution in [1.82, 2.24) is 9.47 Å². The summed E-state index contributed by atoms with van der Waals surface area (Å²) in [5.74, 6) is 0.292. The molecule has 2 heterocycles. The Morgan fingerprint density at radius 2 is 1.85 bits per heavy atom. The summed E-state index contributed by atoms with van der Waals surface area (Å²) in [6.07, 6.45) is 4.09. The van der Waals surface area contributed by atoms with E-state index >= 15 is 0 Å². The van der Waals surface area contributed by atoms with E-state index in [2.05, 4.69) is 24.6 Å². The van der Waals surface area contributed by atoms with Gasteiger partial charge in [-0.15, -0.1) is 0 Å². The summed E-state index contributed by atoms with van der Waals surface area (Å²) in [6.45, 7) is 8.16. The Kier molecular flexibility index (Phi) is 7.05. The van der Waals surface area contributed by atoms with Crippen LogP contribution in [0, 0.1) is 24.6 Å². The maximum absolute atomic E-state index is 14.3. The molecule has 1 amide bonds. The van der Waals surface area contributed by atoms with Gasteiger partial charge in [0.25, 0.3) is 5.91 Å². The Morgan fingerprint density at radius 1 is 1.12 bits per heavy atom. The van der Waals surface area contributed by atoms with E-state index in [-0.39, 0.29) is 23.6 Å². The van der Waals surface area contributed by atoms with Crippen LogP contribution in [-0.4, -0.2) is 41.5 Å². The van der Waals surface area contributed by atoms with Gasteiger partial charge in [-0.3, -0.25) is 9.59 Å². The Hall–Kier alpha value is -3.15. The van der Waals surface area contributed by atoms with Crippen LogP contribution in [0.1, 0.15) is 49.0 Å². The molecule has 2 aromatic carbocycles. The zero-order valence-electron chi connectivity index (χ0n) is 20.4. The second-order valence-electron chi connectivity index (χ2n) is 9.80. The van der Waals surface area contributed by atoms with Crippen molar-refractivity contribution in [2.75, 3.05) is 20.2 Å². The first-order valence-electron chi connectivity index (χ1n) is 12.0. The number of carbonyl (C=O) groups excluding carboxylic acids is 2. The summed E-state index contributed by atoms with van der Waals surface area (Å²) in [5.41, 5.74) is 4.07. The summed E-state index contributed by atoms with van der Waals surface area (Å²) >= 11 is 0. The molecule has 0 unspecified atom stereocenters. The van der Waals surface area contributed by atoms with Gasteiger partial charge in [-0.05, 0) is 60.9 Å². The van der Waals surface area contributed by atoms with E-state index in [1.165, 1.54) is 7.11 Å². The van der Waals surface area contributed by atoms with Crippen molar-refractivity contribution in [2.45, 2.75) is 46.6 Å². The molecule has 1 aliphatic heterocycles. The molecule has 0 spiro atoms. The number of halogens is 1. The van der Waals surface area contributed by atoms with Crippen molar-refractivity contribution in [1.29, 1.82) is 0 Å². The third kappa shape index (κ3) is 5.01. The quantitative estimate of drug-likeness (QED) is 0.432. The normalized spacial score (nSPS) is 14.7. The van der Waals surface area contributed by atoms with E-state index in [4.69, 9.17) is 4.74 Å². The standard InChI is InChI=1S/C28H33FN2O3/c1-18(2)16-31-17-24(21-6-5-19(3)25(29)14-21)23-8-7-22(15-26(23)31)28(33)30-11-9-20(10-12-30)13-27(32)34-4/h5-8,14-15,17-18,20H,9-13,16H2,1-4H3. The second-order valence-corrected chi connectivity index (χ2v) is 9.80. The summed E-state index contributed by atoms with van der Waals surface area (Å²) < 4.78 is 21.2. The maximum Gasteiger partial charge on any atom is 0.305 e. The number of rotatable bonds is 6. The smallest absolute Gasteiger partial charge is 0.305 e. The number of ether oxygens (including phenoxy) is 1. The number of hydrogen-bond donors (Lipinski definition) is 0. The lowest BCUT2D eigenvalue weighted by Crippen LogP contribution is -2.39. The van der Waals surface area contributed by atoms with E-state index in [0.29, 0.717) is 36.6 Å². The molecule has 1 fully saturated rings. The summed E-state index contributed by atoms with van der Waals surface area (Å²) in [6, 6.07) is 11.2. The average Bonchev–Trinajstić information content (AvgIpc) is 3.17. The molecule has 0 atom stereocenters. The number of fused-ring (bicyclic) bond motifs is 1. The third-order valence-corrected chi connectivity index (χ3v) is 6.76. The van der Waals surface area contributed by atoms with Crippen molar-refractivity contribution in [3.8, 4) is 11.1 Å². The molecule has 5 nitrogen and oxygen atoms in total. The van der Waals surface area contributed by atoms with Crippen molar-refractivity contribution < 1.29 is 18.7 Å². The zero-order chi connectivity index (χ0) is 24.4. The minimum absolute atomic E-state index is 0.0126. The van der Waals surface area contributed by atoms with Gasteiger partial charge in [-0.2, -0.15) is 0 Å². The minimum Gasteiger partial charge on any atom is -0.469 e. The van der Waals surface area contributed by atoms with Crippen LogP contribution in [0.2, 0.25) is 0 Å². The average molecular weight is 465 g/mol. The topological polar surface area (TPSA) is 51.5 Å². The van der Waals surface area contributed by atoms with E-state index in [0.717, 1.165) is 41.4 Å². The summed E-state index contributed by atoms with van der Waals surface area (Å²) in [4.78, 5) is 26.7. The SMILES string of the molecule is COC(=O)CC1CCN(C(=O)c2ccc3c(-c4ccc(C)c(F)c4)cn(CC(C)C)c3c2)CC1. The number of nitrogens with zero attached hydrogens (tertiary/aromatic N) is 2. The molecule has 1 aromatic heterocycles. The number of hydrogen-bond acceptors (Lipinski definition) is 3. The number of amides is 1. The molecule has 0 aliphatic carbocycles. The van der Waals surface area contributed by atoms with E-state index in [1.807, 2.05) is 29.2 Å². The molecule has 1 aliphatic rings. The Morgan fingerprint density at radius 3 is 2.50 bits per heavy atom. The zero-order valence-corrected chi connectivity index (χ0v) is 20.4. The largest absolute Gasteiger partial charge is 0.469 e. The Balaban J connectivity index is 1.62. The van der Waals surface area contributed by atoms with Gasteiger partial charge in [0.15, 0.2) is 0 Å². The first-order valence-corrected chi connectivity index (χ1v) is 12.0. The molecule has 0 radical (unpaired) electrons. The molecule has 34 heavy (non-hydrogen) atoms. The maximum atomic E-state index is 14.3. The minimum atomic E-state index is -0.218. The highest BCUT2D eigenvalue weighted by Gasteiger charge is 2.26. The molecule has 3 aromatic rings. The number of likely N-dealkylation sites (tertiary alicyclic amines) is 1. The lowest BCUT2D eigenvalue weighted by atomic mass is 9.93. The molecule has 6 heteroatoms. The van der Waals surface area contributed by atoms with Gasteiger partial charge in [0.1, 0.15) is 5.82 Å². The highest BCUT2D eigenvalue weighted by molar-refractivity contribution is 6.02. The molecule has 0 N–H and O–H groups in total. The van der Waals surface area contributed by atoms with Crippen LogP contribution < -0.4 is 0 Å². The molecule has 180 valence electrons. The van der Waals surface area contributed by atoms with Crippen molar-refractivity contribution in [3.63, 3.8) is 0 Å². The number of carbonyl (C=O) groups is 2. The molecule has 1 saturated heterocycles. The number of piperidine rings is 1. The predicted molar refractivity (Wildman–Crippen MR) is 132 cm³/mol. The van der Waals surface area contributed by atoms with E-state index in [1.54, 1.807) is 19.1 Å². The lowest BCUT2D eigenvalue weighted by molar-refractivity contribution is -0.142. The van der Waals surface area contributed by atoms with Gasteiger partial charge in [-0.25, -0.2) is 4.39 Å². The van der Waals surface area contributed by atoms with Crippen LogP contribution in [0.15, 0.2) is 42.6 Å². The fourth-order valence-electron chi connectivity index (χ4n) is 4.80. The van der Waals surface area contributed by atoms with E-state index in [9.17, 15) is 14.0 Å². The van der Waals surface area contributed by atoms with Crippen molar-refractivity contribution >= 4 is 22.8 Å². The first-order chi connectivity index (χ1) is 16.3. The van der Waals surface area contributed by atoms with Gasteiger partial charge in [0.05, 0.1) is 7.11 Å². The van der Waals surface area contributed by atoms with Crippen LogP contribution in [0.25, 0.3) is 22.0 Å². The third-order valence-electron chi connectivity index (χ3n) is 6.76. The molecular weight excluding hydrogens is 431 g/mol. The number of aryl methyl sites for hydroxylation is 1. The Bertz CT molecular complexity index is 1210. The highest BCUT2D eigenvalue weighted by Crippen LogP contribution is 2.33. The second kappa shape index (κ2) is 10.00. The highest BCUT2D eigenvalue weighted by atomic mass is 19.1. The van der Waals surface area contributed by atoms with Crippen LogP contribution in [0.5, 0.6) is 0 Å². The van der Waals surface area contributed by atoms with Crippen molar-refractivity contribution in [3.05, 3.63) is 59.5 Å². The van der Waals surface area contributed by atoms with Gasteiger partial charge in [0.2, 0.25) is 0 Å². The fraction of sp³-hybridized carbons (Fsp3) is 0.429. The summed E-state index contributed by atoms with van der Waals surface area (Å²) in [7, 11) is 1.41. The Labute approximate surface area is 200 Å². The lowest BCUT2D eigenvalue weighted by Gasteiger charge is -2.31. The van der Waals surface area contributed by atoms with Gasteiger partial charge in [0, 0.05) is 54.3 Å². The van der Waals surface area contributed by atoms with Gasteiger partial charge < -0.3 is 14.2 Å². The van der Waals surface area contributed by atoms with Crippen LogP contribution >= 0.6 is 0 Å². The monoisotopic (exact) mass is 464 g/mol. The van der Waals surface area contributed by atoms with Gasteiger partial charge in [-0.1, -0.05) is 32.0 Å². The first kappa shape index (κ1) is 24.0. The molecular formula is C28H33FN2O3. The number of benzene rings is 2. The number of esters is 1. The number of aromatic nitrogens is 1. The molecule has 0 saturated carbocycles. The van der Waals surface area contributed by atoms with Crippen molar-refractivity contribution in [2.24, 2.45) is 11.8 Å². The van der Waals surface area contributed by atoms with Crippen LogP contribution in [0.4, 0.5) is 4.39 Å². The fourth-order valence-corrected chi connectivity index (χ4v) is 4.80. The molecule has 0 bridgehead atoms.